The third-order valence-electron chi connectivity index (χ3n) is 5.26. The minimum atomic E-state index is -0.286. The molecule has 1 unspecified atom stereocenters. The van der Waals surface area contributed by atoms with E-state index in [-0.39, 0.29) is 17.9 Å². The minimum absolute atomic E-state index is 0.0179. The molecule has 2 N–H and O–H groups in total. The Bertz CT molecular complexity index is 1170. The van der Waals surface area contributed by atoms with E-state index in [0.29, 0.717) is 40.8 Å². The minimum Gasteiger partial charge on any atom is -0.341 e. The second-order valence-corrected chi connectivity index (χ2v) is 8.82. The summed E-state index contributed by atoms with van der Waals surface area (Å²) >= 11 is 7.69. The number of aromatic nitrogens is 2. The number of nitrogens with zero attached hydrogens (tertiary/aromatic N) is 2. The average Bonchev–Trinajstić information content (AvgIpc) is 3.42. The number of thioether (sulfide) groups is 1. The van der Waals surface area contributed by atoms with Crippen molar-refractivity contribution in [3.63, 3.8) is 0 Å². The summed E-state index contributed by atoms with van der Waals surface area (Å²) in [6, 6.07) is 10.4. The fourth-order valence-electron chi connectivity index (χ4n) is 3.62. The number of halogens is 1. The molecule has 6 nitrogen and oxygen atoms in total. The van der Waals surface area contributed by atoms with Crippen molar-refractivity contribution in [2.75, 3.05) is 25.1 Å². The Balaban J connectivity index is 1.53. The molecular weight excluding hydrogens is 432 g/mol. The number of aryl methyl sites for hydroxylation is 1. The SMILES string of the molecule is CSCC(NC(=O)c1ccc(C(=O)N2CC=CC2)c(C)c1)c1nc2ccc(Cl)cc2[nH]1. The third kappa shape index (κ3) is 4.62. The summed E-state index contributed by atoms with van der Waals surface area (Å²) < 4.78 is 0. The van der Waals surface area contributed by atoms with Gasteiger partial charge in [0.1, 0.15) is 5.82 Å². The molecule has 8 heteroatoms. The lowest BCUT2D eigenvalue weighted by Gasteiger charge is -2.18. The second-order valence-electron chi connectivity index (χ2n) is 7.48. The lowest BCUT2D eigenvalue weighted by Crippen LogP contribution is -2.31. The quantitative estimate of drug-likeness (QED) is 0.542. The third-order valence-corrected chi connectivity index (χ3v) is 6.16. The highest BCUT2D eigenvalue weighted by Gasteiger charge is 2.22. The number of carbonyl (C=O) groups is 2. The zero-order chi connectivity index (χ0) is 22.0. The van der Waals surface area contributed by atoms with Crippen LogP contribution >= 0.6 is 23.4 Å². The van der Waals surface area contributed by atoms with E-state index in [2.05, 4.69) is 15.3 Å². The zero-order valence-electron chi connectivity index (χ0n) is 17.3. The van der Waals surface area contributed by atoms with Gasteiger partial charge >= 0.3 is 0 Å². The predicted molar refractivity (Wildman–Crippen MR) is 126 cm³/mol. The van der Waals surface area contributed by atoms with Gasteiger partial charge in [-0.05, 0) is 55.1 Å². The maximum atomic E-state index is 13.0. The first-order valence-corrected chi connectivity index (χ1v) is 11.7. The molecule has 31 heavy (non-hydrogen) atoms. The highest BCUT2D eigenvalue weighted by molar-refractivity contribution is 7.98. The maximum absolute atomic E-state index is 13.0. The van der Waals surface area contributed by atoms with Crippen molar-refractivity contribution in [3.8, 4) is 0 Å². The summed E-state index contributed by atoms with van der Waals surface area (Å²) in [5, 5.41) is 3.69. The first-order valence-electron chi connectivity index (χ1n) is 9.96. The molecule has 3 aromatic rings. The molecule has 1 aliphatic heterocycles. The zero-order valence-corrected chi connectivity index (χ0v) is 18.9. The number of rotatable bonds is 6. The number of imidazole rings is 1. The van der Waals surface area contributed by atoms with E-state index < -0.39 is 0 Å². The van der Waals surface area contributed by atoms with Crippen LogP contribution in [0.4, 0.5) is 0 Å². The Hall–Kier alpha value is -2.77. The molecule has 0 spiro atoms. The number of carbonyl (C=O) groups excluding carboxylic acids is 2. The predicted octanol–water partition coefficient (Wildman–Crippen LogP) is 4.37. The standard InChI is InChI=1S/C23H23ClN4O2S/c1-14-11-15(5-7-17(14)23(30)28-9-3-4-10-28)22(29)27-20(13-31-2)21-25-18-8-6-16(24)12-19(18)26-21/h3-8,11-12,20H,9-10,13H2,1-2H3,(H,25,26)(H,27,29). The number of amides is 2. The summed E-state index contributed by atoms with van der Waals surface area (Å²) in [6.07, 6.45) is 5.94. The molecule has 0 aliphatic carbocycles. The van der Waals surface area contributed by atoms with Gasteiger partial charge < -0.3 is 15.2 Å². The molecule has 2 aromatic carbocycles. The van der Waals surface area contributed by atoms with Crippen molar-refractivity contribution < 1.29 is 9.59 Å². The van der Waals surface area contributed by atoms with E-state index in [1.54, 1.807) is 40.9 Å². The van der Waals surface area contributed by atoms with E-state index in [4.69, 9.17) is 11.6 Å². The van der Waals surface area contributed by atoms with Gasteiger partial charge in [-0.2, -0.15) is 11.8 Å². The van der Waals surface area contributed by atoms with Crippen molar-refractivity contribution in [1.29, 1.82) is 0 Å². The van der Waals surface area contributed by atoms with E-state index in [1.807, 2.05) is 37.5 Å². The van der Waals surface area contributed by atoms with Crippen molar-refractivity contribution in [1.82, 2.24) is 20.2 Å². The van der Waals surface area contributed by atoms with Crippen molar-refractivity contribution in [3.05, 3.63) is 76.1 Å². The average molecular weight is 455 g/mol. The number of fused-ring (bicyclic) bond motifs is 1. The molecular formula is C23H23ClN4O2S. The van der Waals surface area contributed by atoms with Gasteiger partial charge in [0, 0.05) is 35.0 Å². The molecule has 1 aliphatic rings. The van der Waals surface area contributed by atoms with E-state index in [1.165, 1.54) is 0 Å². The lowest BCUT2D eigenvalue weighted by atomic mass is 10.0. The topological polar surface area (TPSA) is 78.1 Å². The molecule has 0 saturated heterocycles. The van der Waals surface area contributed by atoms with Crippen LogP contribution in [0.1, 0.15) is 38.1 Å². The molecule has 2 heterocycles. The maximum Gasteiger partial charge on any atom is 0.254 e. The Morgan fingerprint density at radius 1 is 1.23 bits per heavy atom. The van der Waals surface area contributed by atoms with Crippen LogP contribution in [0, 0.1) is 6.92 Å². The Morgan fingerprint density at radius 2 is 2.00 bits per heavy atom. The number of hydrogen-bond acceptors (Lipinski definition) is 4. The molecule has 0 fully saturated rings. The van der Waals surface area contributed by atoms with Crippen molar-refractivity contribution in [2.24, 2.45) is 0 Å². The molecule has 1 aromatic heterocycles. The molecule has 2 amide bonds. The lowest BCUT2D eigenvalue weighted by molar-refractivity contribution is 0.0798. The normalized spacial score (nSPS) is 14.2. The van der Waals surface area contributed by atoms with Crippen LogP contribution in [0.25, 0.3) is 11.0 Å². The van der Waals surface area contributed by atoms with Crippen LogP contribution in [-0.4, -0.2) is 51.8 Å². The molecule has 0 saturated carbocycles. The van der Waals surface area contributed by atoms with Crippen molar-refractivity contribution >= 4 is 46.2 Å². The number of hydrogen-bond donors (Lipinski definition) is 2. The van der Waals surface area contributed by atoms with Crippen LogP contribution in [0.2, 0.25) is 5.02 Å². The Morgan fingerprint density at radius 3 is 2.71 bits per heavy atom. The van der Waals surface area contributed by atoms with Gasteiger partial charge in [0.15, 0.2) is 0 Å². The molecule has 0 bridgehead atoms. The van der Waals surface area contributed by atoms with Crippen LogP contribution < -0.4 is 5.32 Å². The summed E-state index contributed by atoms with van der Waals surface area (Å²) in [5.41, 5.74) is 3.55. The number of nitrogens with one attached hydrogen (secondary N) is 2. The smallest absolute Gasteiger partial charge is 0.254 e. The highest BCUT2D eigenvalue weighted by atomic mass is 35.5. The Labute approximate surface area is 190 Å². The number of benzene rings is 2. The highest BCUT2D eigenvalue weighted by Crippen LogP contribution is 2.22. The van der Waals surface area contributed by atoms with Gasteiger partial charge in [0.05, 0.1) is 17.1 Å². The van der Waals surface area contributed by atoms with Crippen molar-refractivity contribution in [2.45, 2.75) is 13.0 Å². The molecule has 1 atom stereocenters. The second kappa shape index (κ2) is 9.16. The summed E-state index contributed by atoms with van der Waals surface area (Å²) in [5.74, 6) is 1.12. The molecule has 4 rings (SSSR count). The molecule has 0 radical (unpaired) electrons. The fourth-order valence-corrected chi connectivity index (χ4v) is 4.37. The van der Waals surface area contributed by atoms with E-state index >= 15 is 0 Å². The van der Waals surface area contributed by atoms with E-state index in [9.17, 15) is 9.59 Å². The first-order chi connectivity index (χ1) is 15.0. The number of aromatic amines is 1. The van der Waals surface area contributed by atoms with Crippen LogP contribution in [-0.2, 0) is 0 Å². The summed E-state index contributed by atoms with van der Waals surface area (Å²) in [4.78, 5) is 35.3. The summed E-state index contributed by atoms with van der Waals surface area (Å²) in [6.45, 7) is 3.11. The van der Waals surface area contributed by atoms with Gasteiger partial charge in [0.25, 0.3) is 11.8 Å². The van der Waals surface area contributed by atoms with E-state index in [0.717, 1.165) is 16.6 Å². The first kappa shape index (κ1) is 21.5. The van der Waals surface area contributed by atoms with Crippen LogP contribution in [0.3, 0.4) is 0 Å². The van der Waals surface area contributed by atoms with Gasteiger partial charge in [-0.15, -0.1) is 0 Å². The fraction of sp³-hybridized carbons (Fsp3) is 0.261. The molecule has 160 valence electrons. The van der Waals surface area contributed by atoms with Gasteiger partial charge in [-0.1, -0.05) is 23.8 Å². The van der Waals surface area contributed by atoms with Crippen LogP contribution in [0.5, 0.6) is 0 Å². The van der Waals surface area contributed by atoms with Gasteiger partial charge in [0.2, 0.25) is 0 Å². The number of H-pyrrole nitrogens is 1. The monoisotopic (exact) mass is 454 g/mol. The van der Waals surface area contributed by atoms with Crippen LogP contribution in [0.15, 0.2) is 48.6 Å². The van der Waals surface area contributed by atoms with Gasteiger partial charge in [-0.3, -0.25) is 9.59 Å². The van der Waals surface area contributed by atoms with Gasteiger partial charge in [-0.25, -0.2) is 4.98 Å². The summed E-state index contributed by atoms with van der Waals surface area (Å²) in [7, 11) is 0. The Kier molecular flexibility index (Phi) is 6.34. The largest absolute Gasteiger partial charge is 0.341 e.